The van der Waals surface area contributed by atoms with Crippen LogP contribution in [-0.4, -0.2) is 61.3 Å². The fourth-order valence-electron chi connectivity index (χ4n) is 4.42. The second-order valence-corrected chi connectivity index (χ2v) is 8.44. The van der Waals surface area contributed by atoms with E-state index in [4.69, 9.17) is 4.74 Å². The molecule has 3 heterocycles. The molecule has 6 nitrogen and oxygen atoms in total. The molecular formula is C21H36IN5O. The molecule has 0 saturated carbocycles. The van der Waals surface area contributed by atoms with E-state index in [2.05, 4.69) is 64.9 Å². The first-order chi connectivity index (χ1) is 12.9. The molecule has 2 aliphatic heterocycles. The Labute approximate surface area is 187 Å². The number of pyridine rings is 1. The normalized spacial score (nSPS) is 28.7. The predicted octanol–water partition coefficient (Wildman–Crippen LogP) is 3.37. The monoisotopic (exact) mass is 501 g/mol. The Balaban J connectivity index is 0.00000280. The van der Waals surface area contributed by atoms with Crippen LogP contribution in [0.1, 0.15) is 39.7 Å². The highest BCUT2D eigenvalue weighted by atomic mass is 127. The van der Waals surface area contributed by atoms with Crippen molar-refractivity contribution in [3.63, 3.8) is 0 Å². The topological polar surface area (TPSA) is 53.0 Å². The third kappa shape index (κ3) is 6.20. The smallest absolute Gasteiger partial charge is 0.193 e. The van der Waals surface area contributed by atoms with Crippen molar-refractivity contribution in [2.45, 2.75) is 52.9 Å². The molecule has 1 N–H and O–H groups in total. The molecule has 1 aromatic heterocycles. The quantitative estimate of drug-likeness (QED) is 0.391. The molecule has 158 valence electrons. The zero-order valence-corrected chi connectivity index (χ0v) is 20.2. The average molecular weight is 501 g/mol. The van der Waals surface area contributed by atoms with Gasteiger partial charge in [0.25, 0.3) is 0 Å². The minimum absolute atomic E-state index is 0. The van der Waals surface area contributed by atoms with Crippen molar-refractivity contribution in [1.29, 1.82) is 0 Å². The van der Waals surface area contributed by atoms with Gasteiger partial charge >= 0.3 is 0 Å². The molecule has 0 bridgehead atoms. The van der Waals surface area contributed by atoms with E-state index in [0.717, 1.165) is 44.5 Å². The van der Waals surface area contributed by atoms with Crippen molar-refractivity contribution in [2.75, 3.05) is 38.1 Å². The van der Waals surface area contributed by atoms with Crippen molar-refractivity contribution >= 4 is 35.8 Å². The Bertz CT molecular complexity index is 618. The Morgan fingerprint density at radius 1 is 1.11 bits per heavy atom. The van der Waals surface area contributed by atoms with Crippen LogP contribution in [0.3, 0.4) is 0 Å². The van der Waals surface area contributed by atoms with Gasteiger partial charge in [0.15, 0.2) is 5.96 Å². The van der Waals surface area contributed by atoms with Crippen LogP contribution in [0, 0.1) is 11.8 Å². The molecule has 3 rings (SSSR count). The van der Waals surface area contributed by atoms with Crippen LogP contribution in [0.5, 0.6) is 0 Å². The van der Waals surface area contributed by atoms with Gasteiger partial charge in [-0.3, -0.25) is 4.99 Å². The predicted molar refractivity (Wildman–Crippen MR) is 127 cm³/mol. The van der Waals surface area contributed by atoms with E-state index in [1.54, 1.807) is 0 Å². The summed E-state index contributed by atoms with van der Waals surface area (Å²) in [5.41, 5.74) is 1.17. The molecule has 0 amide bonds. The van der Waals surface area contributed by atoms with Crippen LogP contribution in [0.2, 0.25) is 0 Å². The summed E-state index contributed by atoms with van der Waals surface area (Å²) in [6, 6.07) is 4.28. The van der Waals surface area contributed by atoms with Gasteiger partial charge in [-0.15, -0.1) is 24.0 Å². The molecule has 4 unspecified atom stereocenters. The number of likely N-dealkylation sites (tertiary alicyclic amines) is 1. The average Bonchev–Trinajstić information content (AvgIpc) is 2.61. The molecule has 2 fully saturated rings. The number of hydrogen-bond acceptors (Lipinski definition) is 4. The Morgan fingerprint density at radius 3 is 2.29 bits per heavy atom. The van der Waals surface area contributed by atoms with Crippen LogP contribution in [-0.2, 0) is 11.3 Å². The van der Waals surface area contributed by atoms with Crippen LogP contribution in [0.25, 0.3) is 0 Å². The second kappa shape index (κ2) is 10.6. The fourth-order valence-corrected chi connectivity index (χ4v) is 4.42. The Hall–Kier alpha value is -1.09. The number of aromatic nitrogens is 1. The molecule has 2 aliphatic rings. The lowest BCUT2D eigenvalue weighted by Crippen LogP contribution is -2.48. The molecule has 0 aliphatic carbocycles. The number of morpholine rings is 1. The SMILES string of the molecule is CN=C(NCc1ccc(N2CC(C)OC(C)C2)nc1)N1CC(C)CC(C)C1.I. The fraction of sp³-hybridized carbons (Fsp3) is 0.714. The standard InChI is InChI=1S/C21H35N5O.HI/c1-15-8-16(2)12-26(11-15)21(22-5)24-10-19-6-7-20(23-9-19)25-13-17(3)27-18(4)14-25;/h6-7,9,15-18H,8,10-14H2,1-5H3,(H,22,24);1H. The molecule has 0 spiro atoms. The van der Waals surface area contributed by atoms with E-state index in [0.29, 0.717) is 11.8 Å². The van der Waals surface area contributed by atoms with E-state index in [1.807, 2.05) is 13.2 Å². The van der Waals surface area contributed by atoms with Gasteiger partial charge in [-0.05, 0) is 43.7 Å². The number of aliphatic imine (C=N–C) groups is 1. The lowest BCUT2D eigenvalue weighted by atomic mass is 9.92. The molecule has 28 heavy (non-hydrogen) atoms. The van der Waals surface area contributed by atoms with Crippen LogP contribution >= 0.6 is 24.0 Å². The zero-order chi connectivity index (χ0) is 19.4. The number of piperidine rings is 1. The number of nitrogens with one attached hydrogen (secondary N) is 1. The largest absolute Gasteiger partial charge is 0.372 e. The summed E-state index contributed by atoms with van der Waals surface area (Å²) < 4.78 is 5.81. The summed E-state index contributed by atoms with van der Waals surface area (Å²) in [5, 5.41) is 3.51. The lowest BCUT2D eigenvalue weighted by Gasteiger charge is -2.37. The number of anilines is 1. The second-order valence-electron chi connectivity index (χ2n) is 8.44. The Morgan fingerprint density at radius 2 is 1.75 bits per heavy atom. The highest BCUT2D eigenvalue weighted by molar-refractivity contribution is 14.0. The van der Waals surface area contributed by atoms with Gasteiger partial charge in [0.05, 0.1) is 12.2 Å². The highest BCUT2D eigenvalue weighted by Gasteiger charge is 2.24. The number of rotatable bonds is 3. The molecule has 0 radical (unpaired) electrons. The minimum Gasteiger partial charge on any atom is -0.372 e. The van der Waals surface area contributed by atoms with Gasteiger partial charge in [-0.1, -0.05) is 19.9 Å². The van der Waals surface area contributed by atoms with Gasteiger partial charge < -0.3 is 19.9 Å². The van der Waals surface area contributed by atoms with Crippen LogP contribution in [0.15, 0.2) is 23.3 Å². The molecule has 1 aromatic rings. The van der Waals surface area contributed by atoms with E-state index < -0.39 is 0 Å². The van der Waals surface area contributed by atoms with E-state index in [1.165, 1.54) is 12.0 Å². The number of ether oxygens (including phenoxy) is 1. The molecule has 0 aromatic carbocycles. The molecule has 2 saturated heterocycles. The number of hydrogen-bond donors (Lipinski definition) is 1. The molecular weight excluding hydrogens is 465 g/mol. The van der Waals surface area contributed by atoms with Crippen molar-refractivity contribution in [2.24, 2.45) is 16.8 Å². The summed E-state index contributed by atoms with van der Waals surface area (Å²) in [7, 11) is 1.87. The van der Waals surface area contributed by atoms with Crippen LogP contribution in [0.4, 0.5) is 5.82 Å². The maximum absolute atomic E-state index is 5.81. The third-order valence-electron chi connectivity index (χ3n) is 5.38. The summed E-state index contributed by atoms with van der Waals surface area (Å²) >= 11 is 0. The summed E-state index contributed by atoms with van der Waals surface area (Å²) in [6.07, 6.45) is 3.77. The van der Waals surface area contributed by atoms with Crippen molar-refractivity contribution in [3.05, 3.63) is 23.9 Å². The third-order valence-corrected chi connectivity index (χ3v) is 5.38. The highest BCUT2D eigenvalue weighted by Crippen LogP contribution is 2.21. The van der Waals surface area contributed by atoms with Gasteiger partial charge in [0.1, 0.15) is 5.82 Å². The minimum atomic E-state index is 0. The number of halogens is 1. The first-order valence-electron chi connectivity index (χ1n) is 10.3. The summed E-state index contributed by atoms with van der Waals surface area (Å²) in [4.78, 5) is 13.9. The Kier molecular flexibility index (Phi) is 8.80. The summed E-state index contributed by atoms with van der Waals surface area (Å²) in [5.74, 6) is 3.45. The van der Waals surface area contributed by atoms with Crippen molar-refractivity contribution in [3.8, 4) is 0 Å². The summed E-state index contributed by atoms with van der Waals surface area (Å²) in [6.45, 7) is 13.6. The van der Waals surface area contributed by atoms with Gasteiger partial charge in [0.2, 0.25) is 0 Å². The van der Waals surface area contributed by atoms with E-state index in [-0.39, 0.29) is 36.2 Å². The van der Waals surface area contributed by atoms with Crippen LogP contribution < -0.4 is 10.2 Å². The number of guanidine groups is 1. The lowest BCUT2D eigenvalue weighted by molar-refractivity contribution is -0.00545. The maximum Gasteiger partial charge on any atom is 0.193 e. The zero-order valence-electron chi connectivity index (χ0n) is 17.9. The van der Waals surface area contributed by atoms with Gasteiger partial charge in [-0.25, -0.2) is 4.98 Å². The van der Waals surface area contributed by atoms with Crippen molar-refractivity contribution in [1.82, 2.24) is 15.2 Å². The maximum atomic E-state index is 5.81. The van der Waals surface area contributed by atoms with Gasteiger partial charge in [0, 0.05) is 46.0 Å². The first kappa shape index (κ1) is 23.2. The van der Waals surface area contributed by atoms with Crippen molar-refractivity contribution < 1.29 is 4.74 Å². The molecule has 7 heteroatoms. The molecule has 4 atom stereocenters. The van der Waals surface area contributed by atoms with E-state index in [9.17, 15) is 0 Å². The number of nitrogens with zero attached hydrogens (tertiary/aromatic N) is 4. The first-order valence-corrected chi connectivity index (χ1v) is 10.3. The van der Waals surface area contributed by atoms with E-state index >= 15 is 0 Å². The van der Waals surface area contributed by atoms with Gasteiger partial charge in [-0.2, -0.15) is 0 Å².